The van der Waals surface area contributed by atoms with Crippen LogP contribution in [0.2, 0.25) is 0 Å². The van der Waals surface area contributed by atoms with Gasteiger partial charge in [-0.15, -0.1) is 0 Å². The molecule has 1 unspecified atom stereocenters. The van der Waals surface area contributed by atoms with Gasteiger partial charge in [-0.2, -0.15) is 5.26 Å². The molecule has 2 aliphatic heterocycles. The molecule has 4 aliphatic rings. The van der Waals surface area contributed by atoms with Crippen molar-refractivity contribution in [3.63, 3.8) is 0 Å². The summed E-state index contributed by atoms with van der Waals surface area (Å²) in [5.41, 5.74) is 3.45. The number of benzene rings is 1. The first kappa shape index (κ1) is 22.4. The lowest BCUT2D eigenvalue weighted by Gasteiger charge is -2.52. The van der Waals surface area contributed by atoms with Crippen LogP contribution in [0.1, 0.15) is 101 Å². The number of hydrogen-bond acceptors (Lipinski definition) is 3. The van der Waals surface area contributed by atoms with E-state index in [-0.39, 0.29) is 5.41 Å². The molecule has 3 fully saturated rings. The smallest absolute Gasteiger partial charge is 0.0871 e. The van der Waals surface area contributed by atoms with Gasteiger partial charge in [0.25, 0.3) is 0 Å². The molecule has 1 aromatic rings. The summed E-state index contributed by atoms with van der Waals surface area (Å²) in [5.74, 6) is 1.66. The summed E-state index contributed by atoms with van der Waals surface area (Å²) in [7, 11) is 0. The Morgan fingerprint density at radius 1 is 0.875 bits per heavy atom. The summed E-state index contributed by atoms with van der Waals surface area (Å²) in [6.45, 7) is 5.47. The van der Waals surface area contributed by atoms with Crippen LogP contribution in [0.15, 0.2) is 24.3 Å². The molecule has 0 amide bonds. The average molecular weight is 434 g/mol. The molecule has 174 valence electrons. The summed E-state index contributed by atoms with van der Waals surface area (Å²) >= 11 is 0. The lowest BCUT2D eigenvalue weighted by Crippen LogP contribution is -2.54. The molecule has 1 saturated heterocycles. The summed E-state index contributed by atoms with van der Waals surface area (Å²) in [5, 5.41) is 9.68. The number of rotatable bonds is 4. The number of likely N-dealkylation sites (tertiary alicyclic amines) is 1. The van der Waals surface area contributed by atoms with Gasteiger partial charge in [-0.25, -0.2) is 0 Å². The van der Waals surface area contributed by atoms with E-state index in [9.17, 15) is 5.26 Å². The molecular formula is C29H43N3. The summed E-state index contributed by atoms with van der Waals surface area (Å²) < 4.78 is 0. The second-order valence-corrected chi connectivity index (χ2v) is 11.4. The van der Waals surface area contributed by atoms with Crippen molar-refractivity contribution in [3.05, 3.63) is 35.4 Å². The zero-order valence-electron chi connectivity index (χ0n) is 20.1. The first-order chi connectivity index (χ1) is 15.8. The molecule has 1 aromatic carbocycles. The van der Waals surface area contributed by atoms with Crippen LogP contribution in [0.3, 0.4) is 0 Å². The number of nitrogens with zero attached hydrogens (tertiary/aromatic N) is 3. The molecule has 32 heavy (non-hydrogen) atoms. The molecule has 1 atom stereocenters. The van der Waals surface area contributed by atoms with E-state index in [0.29, 0.717) is 12.6 Å². The quantitative estimate of drug-likeness (QED) is 0.511. The van der Waals surface area contributed by atoms with Gasteiger partial charge in [0.15, 0.2) is 0 Å². The molecular weight excluding hydrogens is 390 g/mol. The van der Waals surface area contributed by atoms with Crippen molar-refractivity contribution in [2.75, 3.05) is 32.7 Å². The predicted molar refractivity (Wildman–Crippen MR) is 131 cm³/mol. The average Bonchev–Trinajstić information content (AvgIpc) is 3.32. The van der Waals surface area contributed by atoms with Crippen molar-refractivity contribution in [3.8, 4) is 6.07 Å². The summed E-state index contributed by atoms with van der Waals surface area (Å²) in [6.07, 6.45) is 18.1. The maximum Gasteiger partial charge on any atom is 0.0871 e. The van der Waals surface area contributed by atoms with Crippen molar-refractivity contribution < 1.29 is 0 Å². The number of fused-ring (bicyclic) bond motifs is 2. The van der Waals surface area contributed by atoms with Crippen LogP contribution < -0.4 is 0 Å². The number of nitriles is 1. The molecule has 0 aromatic heterocycles. The fourth-order valence-electron chi connectivity index (χ4n) is 7.76. The number of piperidine rings is 1. The summed E-state index contributed by atoms with van der Waals surface area (Å²) in [6, 6.07) is 12.4. The van der Waals surface area contributed by atoms with E-state index in [2.05, 4.69) is 40.1 Å². The third-order valence-corrected chi connectivity index (χ3v) is 9.42. The lowest BCUT2D eigenvalue weighted by molar-refractivity contribution is 0.0556. The molecule has 5 rings (SSSR count). The molecule has 0 bridgehead atoms. The highest BCUT2D eigenvalue weighted by molar-refractivity contribution is 5.41. The third-order valence-electron chi connectivity index (χ3n) is 9.42. The van der Waals surface area contributed by atoms with Gasteiger partial charge in [0.1, 0.15) is 0 Å². The normalized spacial score (nSPS) is 28.2. The molecule has 3 nitrogen and oxygen atoms in total. The van der Waals surface area contributed by atoms with Gasteiger partial charge in [-0.05, 0) is 74.6 Å². The fourth-order valence-corrected chi connectivity index (χ4v) is 7.76. The highest BCUT2D eigenvalue weighted by atomic mass is 15.2. The van der Waals surface area contributed by atoms with E-state index in [0.717, 1.165) is 18.4 Å². The van der Waals surface area contributed by atoms with Crippen LogP contribution >= 0.6 is 0 Å². The Morgan fingerprint density at radius 3 is 2.25 bits per heavy atom. The Morgan fingerprint density at radius 2 is 1.53 bits per heavy atom. The Bertz CT molecular complexity index is 774. The van der Waals surface area contributed by atoms with Crippen LogP contribution in [0, 0.1) is 23.2 Å². The maximum absolute atomic E-state index is 9.68. The van der Waals surface area contributed by atoms with Crippen LogP contribution in [0.5, 0.6) is 0 Å². The summed E-state index contributed by atoms with van der Waals surface area (Å²) in [4.78, 5) is 5.38. The van der Waals surface area contributed by atoms with Crippen LogP contribution in [-0.4, -0.2) is 42.5 Å². The Balaban J connectivity index is 1.32. The minimum absolute atomic E-state index is 0.250. The van der Waals surface area contributed by atoms with Gasteiger partial charge in [0.2, 0.25) is 0 Å². The Hall–Kier alpha value is -1.37. The molecule has 0 radical (unpaired) electrons. The molecule has 1 spiro atoms. The van der Waals surface area contributed by atoms with Crippen LogP contribution in [0.25, 0.3) is 0 Å². The second-order valence-electron chi connectivity index (χ2n) is 11.4. The molecule has 2 heterocycles. The highest BCUT2D eigenvalue weighted by Gasteiger charge is 2.47. The van der Waals surface area contributed by atoms with Crippen molar-refractivity contribution in [2.24, 2.45) is 11.8 Å². The molecule has 2 aliphatic carbocycles. The van der Waals surface area contributed by atoms with E-state index in [4.69, 9.17) is 0 Å². The second kappa shape index (κ2) is 10.3. The first-order valence-electron chi connectivity index (χ1n) is 13.7. The largest absolute Gasteiger partial charge is 0.303 e. The highest BCUT2D eigenvalue weighted by Crippen LogP contribution is 2.50. The van der Waals surface area contributed by atoms with Gasteiger partial charge >= 0.3 is 0 Å². The van der Waals surface area contributed by atoms with Crippen molar-refractivity contribution in [1.29, 1.82) is 5.26 Å². The fraction of sp³-hybridized carbons (Fsp3) is 0.759. The van der Waals surface area contributed by atoms with E-state index < -0.39 is 0 Å². The minimum Gasteiger partial charge on any atom is -0.303 e. The van der Waals surface area contributed by atoms with E-state index in [1.165, 1.54) is 103 Å². The van der Waals surface area contributed by atoms with Crippen LogP contribution in [-0.2, 0) is 5.41 Å². The topological polar surface area (TPSA) is 30.3 Å². The number of hydrogen-bond donors (Lipinski definition) is 0. The Kier molecular flexibility index (Phi) is 7.20. The van der Waals surface area contributed by atoms with Crippen LogP contribution in [0.4, 0.5) is 0 Å². The lowest BCUT2D eigenvalue weighted by atomic mass is 9.65. The Labute approximate surface area is 196 Å². The van der Waals surface area contributed by atoms with Gasteiger partial charge in [-0.1, -0.05) is 69.2 Å². The van der Waals surface area contributed by atoms with Gasteiger partial charge in [0.05, 0.1) is 12.6 Å². The van der Waals surface area contributed by atoms with Crippen molar-refractivity contribution in [2.45, 2.75) is 94.9 Å². The standard InChI is InChI=1S/C29H43N3/c30-18-21-32-23-29(27-15-9-8-14-26(27)28(32)25-12-6-7-13-25)16-19-31(20-17-29)22-24-10-4-2-1-3-5-11-24/h8-9,14-15,24-25,28H,1-7,10-13,16-17,19-23H2. The van der Waals surface area contributed by atoms with Gasteiger partial charge in [0, 0.05) is 24.5 Å². The van der Waals surface area contributed by atoms with Crippen molar-refractivity contribution >= 4 is 0 Å². The molecule has 3 heteroatoms. The minimum atomic E-state index is 0.250. The maximum atomic E-state index is 9.68. The molecule has 0 N–H and O–H groups in total. The van der Waals surface area contributed by atoms with Gasteiger partial charge in [-0.3, -0.25) is 4.90 Å². The SMILES string of the molecule is N#CCN1CC2(CCN(CC3CCCCCCC3)CC2)c2ccccc2C1C1CCCC1. The molecule has 2 saturated carbocycles. The predicted octanol–water partition coefficient (Wildman–Crippen LogP) is 6.45. The van der Waals surface area contributed by atoms with Gasteiger partial charge < -0.3 is 4.90 Å². The zero-order chi connectivity index (χ0) is 21.8. The van der Waals surface area contributed by atoms with Crippen molar-refractivity contribution in [1.82, 2.24) is 9.80 Å². The first-order valence-corrected chi connectivity index (χ1v) is 13.7. The van der Waals surface area contributed by atoms with E-state index in [1.807, 2.05) is 0 Å². The third kappa shape index (κ3) is 4.64. The zero-order valence-corrected chi connectivity index (χ0v) is 20.1. The monoisotopic (exact) mass is 433 g/mol. The van der Waals surface area contributed by atoms with E-state index >= 15 is 0 Å². The van der Waals surface area contributed by atoms with E-state index in [1.54, 1.807) is 11.1 Å².